The fourth-order valence-electron chi connectivity index (χ4n) is 2.50. The van der Waals surface area contributed by atoms with E-state index in [1.165, 1.54) is 6.20 Å². The van der Waals surface area contributed by atoms with E-state index in [4.69, 9.17) is 34.8 Å². The Bertz CT molecular complexity index is 930. The van der Waals surface area contributed by atoms with Crippen molar-refractivity contribution in [2.45, 2.75) is 26.4 Å². The molecule has 0 spiro atoms. The van der Waals surface area contributed by atoms with Gasteiger partial charge in [0.25, 0.3) is 0 Å². The molecule has 0 aliphatic rings. The highest BCUT2D eigenvalue weighted by Gasteiger charge is 2.19. The summed E-state index contributed by atoms with van der Waals surface area (Å²) in [5.41, 5.74) is 1.50. The number of benzene rings is 1. The van der Waals surface area contributed by atoms with Gasteiger partial charge >= 0.3 is 0 Å². The molecule has 1 N–H and O–H groups in total. The van der Waals surface area contributed by atoms with Gasteiger partial charge in [0, 0.05) is 27.9 Å². The van der Waals surface area contributed by atoms with Crippen molar-refractivity contribution < 1.29 is 4.79 Å². The topological polar surface area (TPSA) is 64.7 Å². The summed E-state index contributed by atoms with van der Waals surface area (Å²) in [6.45, 7) is 3.95. The summed E-state index contributed by atoms with van der Waals surface area (Å²) in [6, 6.07) is 6.51. The number of rotatable bonds is 5. The molecular formula is C17H16Cl3N5O. The zero-order valence-corrected chi connectivity index (χ0v) is 16.3. The second-order valence-electron chi connectivity index (χ2n) is 5.79. The van der Waals surface area contributed by atoms with Crippen molar-refractivity contribution in [3.8, 4) is 0 Å². The average molecular weight is 413 g/mol. The summed E-state index contributed by atoms with van der Waals surface area (Å²) in [6.07, 6.45) is 3.26. The maximum Gasteiger partial charge on any atom is 0.250 e. The lowest BCUT2D eigenvalue weighted by molar-refractivity contribution is -0.119. The van der Waals surface area contributed by atoms with Crippen molar-refractivity contribution in [1.29, 1.82) is 0 Å². The van der Waals surface area contributed by atoms with Crippen LogP contribution in [0.3, 0.4) is 0 Å². The number of nitrogens with one attached hydrogen (secondary N) is 1. The number of nitrogens with zero attached hydrogens (tertiary/aromatic N) is 4. The average Bonchev–Trinajstić information content (AvgIpc) is 3.18. The summed E-state index contributed by atoms with van der Waals surface area (Å²) in [5.74, 6) is 0.190. The zero-order chi connectivity index (χ0) is 18.8. The van der Waals surface area contributed by atoms with Crippen LogP contribution in [0.15, 0.2) is 36.7 Å². The number of carbonyl (C=O) groups is 1. The van der Waals surface area contributed by atoms with Crippen molar-refractivity contribution in [2.24, 2.45) is 0 Å². The molecule has 1 atom stereocenters. The predicted octanol–water partition coefficient (Wildman–Crippen LogP) is 4.60. The van der Waals surface area contributed by atoms with E-state index < -0.39 is 6.04 Å². The fourth-order valence-corrected chi connectivity index (χ4v) is 3.14. The summed E-state index contributed by atoms with van der Waals surface area (Å²) in [7, 11) is 0. The Balaban J connectivity index is 1.70. The molecule has 0 aliphatic heterocycles. The van der Waals surface area contributed by atoms with Gasteiger partial charge in [-0.15, -0.1) is 0 Å². The molecule has 26 heavy (non-hydrogen) atoms. The van der Waals surface area contributed by atoms with Gasteiger partial charge in [-0.1, -0.05) is 40.9 Å². The van der Waals surface area contributed by atoms with E-state index in [1.54, 1.807) is 53.7 Å². The van der Waals surface area contributed by atoms with Gasteiger partial charge in [0.2, 0.25) is 5.91 Å². The van der Waals surface area contributed by atoms with E-state index >= 15 is 0 Å². The molecule has 0 saturated heterocycles. The minimum atomic E-state index is -0.523. The molecule has 0 saturated carbocycles. The van der Waals surface area contributed by atoms with Crippen LogP contribution < -0.4 is 5.32 Å². The molecule has 6 nitrogen and oxygen atoms in total. The number of carbonyl (C=O) groups excluding carboxylic acids is 1. The Kier molecular flexibility index (Phi) is 5.55. The lowest BCUT2D eigenvalue weighted by atomic mass is 10.2. The quantitative estimate of drug-likeness (QED) is 0.666. The van der Waals surface area contributed by atoms with Crippen LogP contribution >= 0.6 is 34.8 Å². The van der Waals surface area contributed by atoms with Crippen LogP contribution in [-0.2, 0) is 11.3 Å². The van der Waals surface area contributed by atoms with Gasteiger partial charge in [-0.3, -0.25) is 14.2 Å². The van der Waals surface area contributed by atoms with Gasteiger partial charge in [-0.05, 0) is 26.0 Å². The molecule has 136 valence electrons. The molecule has 2 heterocycles. The van der Waals surface area contributed by atoms with E-state index in [2.05, 4.69) is 15.5 Å². The van der Waals surface area contributed by atoms with Gasteiger partial charge in [0.1, 0.15) is 6.04 Å². The molecule has 0 radical (unpaired) electrons. The second-order valence-corrected chi connectivity index (χ2v) is 7.01. The largest absolute Gasteiger partial charge is 0.307 e. The minimum absolute atomic E-state index is 0.242. The Labute approximate surface area is 165 Å². The molecule has 9 heteroatoms. The van der Waals surface area contributed by atoms with Crippen LogP contribution in [0.4, 0.5) is 5.82 Å². The Morgan fingerprint density at radius 2 is 1.88 bits per heavy atom. The van der Waals surface area contributed by atoms with Crippen LogP contribution in [0.5, 0.6) is 0 Å². The number of anilines is 1. The third-order valence-corrected chi connectivity index (χ3v) is 5.08. The first-order valence-corrected chi connectivity index (χ1v) is 8.97. The smallest absolute Gasteiger partial charge is 0.250 e. The van der Waals surface area contributed by atoms with Crippen molar-refractivity contribution in [3.63, 3.8) is 0 Å². The first kappa shape index (κ1) is 18.8. The summed E-state index contributed by atoms with van der Waals surface area (Å²) in [4.78, 5) is 12.4. The van der Waals surface area contributed by atoms with Gasteiger partial charge in [0.05, 0.1) is 23.5 Å². The van der Waals surface area contributed by atoms with Gasteiger partial charge in [0.15, 0.2) is 5.82 Å². The van der Waals surface area contributed by atoms with Crippen LogP contribution in [0.2, 0.25) is 15.1 Å². The fraction of sp³-hybridized carbons (Fsp3) is 0.235. The van der Waals surface area contributed by atoms with E-state index in [0.29, 0.717) is 27.4 Å². The Hall–Kier alpha value is -2.02. The summed E-state index contributed by atoms with van der Waals surface area (Å²) < 4.78 is 3.22. The van der Waals surface area contributed by atoms with E-state index in [-0.39, 0.29) is 5.91 Å². The molecule has 0 aliphatic carbocycles. The number of halogens is 3. The molecule has 3 aromatic rings. The molecule has 0 fully saturated rings. The van der Waals surface area contributed by atoms with E-state index in [1.807, 2.05) is 0 Å². The lowest BCUT2D eigenvalue weighted by Crippen LogP contribution is -2.25. The number of hydrogen-bond donors (Lipinski definition) is 1. The molecule has 1 unspecified atom stereocenters. The maximum absolute atomic E-state index is 12.4. The molecule has 1 amide bonds. The summed E-state index contributed by atoms with van der Waals surface area (Å²) in [5, 5.41) is 12.9. The van der Waals surface area contributed by atoms with Gasteiger partial charge in [-0.2, -0.15) is 10.2 Å². The number of hydrogen-bond acceptors (Lipinski definition) is 3. The highest BCUT2D eigenvalue weighted by Crippen LogP contribution is 2.25. The highest BCUT2D eigenvalue weighted by molar-refractivity contribution is 6.36. The minimum Gasteiger partial charge on any atom is -0.307 e. The monoisotopic (exact) mass is 411 g/mol. The van der Waals surface area contributed by atoms with E-state index in [0.717, 1.165) is 11.3 Å². The van der Waals surface area contributed by atoms with E-state index in [9.17, 15) is 4.79 Å². The third-order valence-electron chi connectivity index (χ3n) is 4.00. The highest BCUT2D eigenvalue weighted by atomic mass is 35.5. The Morgan fingerprint density at radius 3 is 2.50 bits per heavy atom. The number of amides is 1. The van der Waals surface area contributed by atoms with Crippen LogP contribution in [-0.4, -0.2) is 25.5 Å². The van der Waals surface area contributed by atoms with Crippen LogP contribution in [0.1, 0.15) is 24.2 Å². The zero-order valence-electron chi connectivity index (χ0n) is 14.1. The van der Waals surface area contributed by atoms with Crippen molar-refractivity contribution in [1.82, 2.24) is 19.6 Å². The van der Waals surface area contributed by atoms with Crippen molar-refractivity contribution in [2.75, 3.05) is 5.32 Å². The first-order valence-electron chi connectivity index (χ1n) is 7.83. The van der Waals surface area contributed by atoms with Crippen molar-refractivity contribution >= 4 is 46.5 Å². The Morgan fingerprint density at radius 1 is 1.19 bits per heavy atom. The standard InChI is InChI=1S/C17H16Cl3N5O/c1-10-15(20)8-21-25(10)11(2)17(26)22-16-6-7-24(23-16)9-12-13(18)4-3-5-14(12)19/h3-8,11H,9H2,1-2H3,(H,22,23,26). The SMILES string of the molecule is Cc1c(Cl)cnn1C(C)C(=O)Nc1ccn(Cc2c(Cl)cccc2Cl)n1. The van der Waals surface area contributed by atoms with Gasteiger partial charge < -0.3 is 5.32 Å². The van der Waals surface area contributed by atoms with Gasteiger partial charge in [-0.25, -0.2) is 0 Å². The van der Waals surface area contributed by atoms with Crippen LogP contribution in [0, 0.1) is 6.92 Å². The van der Waals surface area contributed by atoms with Crippen molar-refractivity contribution in [3.05, 3.63) is 63.0 Å². The predicted molar refractivity (Wildman–Crippen MR) is 103 cm³/mol. The first-order chi connectivity index (χ1) is 12.4. The molecule has 3 rings (SSSR count). The normalized spacial score (nSPS) is 12.2. The molecule has 0 bridgehead atoms. The number of aromatic nitrogens is 4. The molecular weight excluding hydrogens is 397 g/mol. The maximum atomic E-state index is 12.4. The second kappa shape index (κ2) is 7.70. The van der Waals surface area contributed by atoms with Crippen LogP contribution in [0.25, 0.3) is 0 Å². The molecule has 2 aromatic heterocycles. The summed E-state index contributed by atoms with van der Waals surface area (Å²) >= 11 is 18.4. The molecule has 1 aromatic carbocycles. The lowest BCUT2D eigenvalue weighted by Gasteiger charge is -2.13. The third kappa shape index (κ3) is 3.87.